The van der Waals surface area contributed by atoms with Crippen molar-refractivity contribution >= 4 is 44.8 Å². The second-order valence-corrected chi connectivity index (χ2v) is 25.0. The van der Waals surface area contributed by atoms with Crippen molar-refractivity contribution in [2.45, 2.75) is 139 Å². The minimum absolute atomic E-state index is 0.0409. The van der Waals surface area contributed by atoms with Crippen molar-refractivity contribution in [1.82, 2.24) is 16.0 Å². The normalized spacial score (nSPS) is 26.5. The van der Waals surface area contributed by atoms with E-state index in [2.05, 4.69) is 57.5 Å². The van der Waals surface area contributed by atoms with E-state index in [4.69, 9.17) is 57.3 Å². The van der Waals surface area contributed by atoms with Gasteiger partial charge in [-0.3, -0.25) is 14.4 Å². The lowest BCUT2D eigenvalue weighted by Crippen LogP contribution is -2.45. The first-order valence-corrected chi connectivity index (χ1v) is 27.0. The minimum atomic E-state index is -2.96. The lowest BCUT2D eigenvalue weighted by Gasteiger charge is -2.46. The van der Waals surface area contributed by atoms with Crippen molar-refractivity contribution in [3.05, 3.63) is 0 Å². The van der Waals surface area contributed by atoms with E-state index in [1.165, 1.54) is 0 Å². The third kappa shape index (κ3) is 26.2. The van der Waals surface area contributed by atoms with Crippen molar-refractivity contribution in [2.75, 3.05) is 98.9 Å². The third-order valence-electron chi connectivity index (χ3n) is 13.6. The van der Waals surface area contributed by atoms with Gasteiger partial charge in [0.25, 0.3) is 0 Å². The molecule has 3 fully saturated rings. The SMILES string of the molecule is CC1(C)CC(CC(=O)OCCOCCO)CC(C)(CNC(=O)OP(OC(=O)NCC2(C)CC(CC(=O)OCCOCCO)CC(C)(C)C2)OC(=O)NCC2(C)CC(CC(=O)OCCOCCO)CC(C)(C)C2)C1. The van der Waals surface area contributed by atoms with Crippen LogP contribution >= 0.6 is 8.60 Å². The van der Waals surface area contributed by atoms with Crippen LogP contribution in [0.1, 0.15) is 139 Å². The van der Waals surface area contributed by atoms with Crippen LogP contribution in [0.25, 0.3) is 0 Å². The topological polar surface area (TPSA) is 282 Å². The highest BCUT2D eigenvalue weighted by molar-refractivity contribution is 7.43. The molecule has 3 rings (SSSR count). The maximum Gasteiger partial charge on any atom is 0.540 e. The van der Waals surface area contributed by atoms with Crippen molar-refractivity contribution in [3.63, 3.8) is 0 Å². The summed E-state index contributed by atoms with van der Waals surface area (Å²) in [6.45, 7) is 19.9. The molecule has 0 aliphatic heterocycles. The number of hydrogen-bond acceptors (Lipinski definition) is 18. The monoisotopic (exact) mass is 1060 g/mol. The maximum absolute atomic E-state index is 13.6. The lowest BCUT2D eigenvalue weighted by atomic mass is 9.60. The van der Waals surface area contributed by atoms with E-state index in [1.807, 2.05) is 20.8 Å². The molecule has 6 atom stereocenters. The van der Waals surface area contributed by atoms with Gasteiger partial charge in [0.1, 0.15) is 19.8 Å². The first kappa shape index (κ1) is 63.7. The Labute approximate surface area is 434 Å². The smallest absolute Gasteiger partial charge is 0.463 e. The number of ether oxygens (including phenoxy) is 6. The van der Waals surface area contributed by atoms with Crippen LogP contribution in [0.5, 0.6) is 0 Å². The van der Waals surface area contributed by atoms with Gasteiger partial charge >= 0.3 is 44.8 Å². The van der Waals surface area contributed by atoms with Gasteiger partial charge in [-0.1, -0.05) is 62.3 Å². The Bertz CT molecular complexity index is 1560. The summed E-state index contributed by atoms with van der Waals surface area (Å²) in [5.41, 5.74) is -1.99. The summed E-state index contributed by atoms with van der Waals surface area (Å²) in [6, 6.07) is 0. The number of amides is 3. The number of hydrogen-bond donors (Lipinski definition) is 6. The molecule has 3 amide bonds. The zero-order valence-corrected chi connectivity index (χ0v) is 46.1. The zero-order chi connectivity index (χ0) is 54.4. The van der Waals surface area contributed by atoms with E-state index in [0.717, 1.165) is 19.3 Å². The molecule has 0 heterocycles. The third-order valence-corrected chi connectivity index (χ3v) is 14.5. The van der Waals surface area contributed by atoms with Gasteiger partial charge in [0.15, 0.2) is 0 Å². The van der Waals surface area contributed by atoms with Gasteiger partial charge in [-0.05, 0) is 108 Å². The molecule has 3 aliphatic rings. The number of aliphatic hydroxyl groups excluding tert-OH is 3. The molecule has 22 heteroatoms. The Morgan fingerprint density at radius 2 is 0.671 bits per heavy atom. The lowest BCUT2D eigenvalue weighted by molar-refractivity contribution is -0.148. The maximum atomic E-state index is 13.6. The van der Waals surface area contributed by atoms with Crippen LogP contribution in [0.3, 0.4) is 0 Å². The molecule has 0 radical (unpaired) electrons. The Morgan fingerprint density at radius 3 is 0.918 bits per heavy atom. The van der Waals surface area contributed by atoms with Crippen LogP contribution in [-0.4, -0.2) is 150 Å². The highest BCUT2D eigenvalue weighted by atomic mass is 31.2. The van der Waals surface area contributed by atoms with Gasteiger partial charge in [-0.2, -0.15) is 0 Å². The van der Waals surface area contributed by atoms with Crippen LogP contribution in [0, 0.1) is 50.2 Å². The van der Waals surface area contributed by atoms with Crippen molar-refractivity contribution in [2.24, 2.45) is 50.2 Å². The van der Waals surface area contributed by atoms with Crippen molar-refractivity contribution in [1.29, 1.82) is 0 Å². The molecule has 0 bridgehead atoms. The molecule has 3 aliphatic carbocycles. The first-order chi connectivity index (χ1) is 34.2. The van der Waals surface area contributed by atoms with Gasteiger partial charge in [0.2, 0.25) is 0 Å². The average Bonchev–Trinajstić information content (AvgIpc) is 3.25. The summed E-state index contributed by atoms with van der Waals surface area (Å²) < 4.78 is 48.4. The Balaban J connectivity index is 1.69. The van der Waals surface area contributed by atoms with Gasteiger partial charge in [0, 0.05) is 38.9 Å². The Morgan fingerprint density at radius 1 is 0.411 bits per heavy atom. The fourth-order valence-corrected chi connectivity index (χ4v) is 13.3. The van der Waals surface area contributed by atoms with Crippen molar-refractivity contribution < 1.29 is 86.1 Å². The van der Waals surface area contributed by atoms with Crippen LogP contribution in [0.15, 0.2) is 0 Å². The number of carbonyl (C=O) groups excluding carboxylic acids is 6. The summed E-state index contributed by atoms with van der Waals surface area (Å²) in [7, 11) is -2.96. The Hall–Kier alpha value is -3.59. The number of nitrogens with one attached hydrogen (secondary N) is 3. The number of aliphatic hydroxyl groups is 3. The van der Waals surface area contributed by atoms with Gasteiger partial charge < -0.3 is 73.3 Å². The van der Waals surface area contributed by atoms with E-state index < -0.39 is 43.1 Å². The highest BCUT2D eigenvalue weighted by Crippen LogP contribution is 2.52. The predicted molar refractivity (Wildman–Crippen MR) is 269 cm³/mol. The summed E-state index contributed by atoms with van der Waals surface area (Å²) in [4.78, 5) is 79.0. The van der Waals surface area contributed by atoms with E-state index in [9.17, 15) is 28.8 Å². The second kappa shape index (κ2) is 30.2. The standard InChI is InChI=1S/C51H90N3O18P/c1-46(2)25-37(22-40(58)67-19-16-64-13-10-55)28-49(7,31-46)34-52-43(61)70-73(71-44(62)53-35-50(8)29-38(26-47(3,4)32-50)23-41(59)68-20-17-65-14-11-56)72-45(63)54-36-51(9)30-39(27-48(5,6)33-51)24-42(60)69-21-18-66-15-12-57/h37-39,55-57H,10-36H2,1-9H3,(H,52,61)(H,53,62)(H,54,63). The molecule has 21 nitrogen and oxygen atoms in total. The van der Waals surface area contributed by atoms with E-state index in [-0.39, 0.29) is 170 Å². The summed E-state index contributed by atoms with van der Waals surface area (Å²) >= 11 is 0. The average molecular weight is 1060 g/mol. The summed E-state index contributed by atoms with van der Waals surface area (Å²) in [5, 5.41) is 35.1. The predicted octanol–water partition coefficient (Wildman–Crippen LogP) is 6.72. The number of esters is 3. The number of rotatable bonds is 30. The van der Waals surface area contributed by atoms with Crippen LogP contribution < -0.4 is 16.0 Å². The molecular weight excluding hydrogens is 974 g/mol. The molecule has 0 aromatic carbocycles. The molecule has 0 spiro atoms. The molecule has 6 N–H and O–H groups in total. The largest absolute Gasteiger partial charge is 0.540 e. The van der Waals surface area contributed by atoms with Crippen molar-refractivity contribution in [3.8, 4) is 0 Å². The summed E-state index contributed by atoms with van der Waals surface area (Å²) in [5.74, 6) is -1.21. The molecule has 0 saturated heterocycles. The van der Waals surface area contributed by atoms with Crippen LogP contribution in [0.4, 0.5) is 14.4 Å². The van der Waals surface area contributed by atoms with E-state index >= 15 is 0 Å². The first-order valence-electron chi connectivity index (χ1n) is 25.9. The van der Waals surface area contributed by atoms with Crippen LogP contribution in [-0.2, 0) is 56.4 Å². The fourth-order valence-electron chi connectivity index (χ4n) is 12.6. The molecule has 422 valence electrons. The summed E-state index contributed by atoms with van der Waals surface area (Å²) in [6.07, 6.45) is 3.79. The van der Waals surface area contributed by atoms with E-state index in [0.29, 0.717) is 38.5 Å². The number of carbonyl (C=O) groups is 6. The molecule has 0 aromatic rings. The van der Waals surface area contributed by atoms with Gasteiger partial charge in [-0.25, -0.2) is 14.4 Å². The fraction of sp³-hybridized carbons (Fsp3) is 0.882. The van der Waals surface area contributed by atoms with E-state index in [1.54, 1.807) is 0 Å². The zero-order valence-electron chi connectivity index (χ0n) is 45.2. The molecule has 6 unspecified atom stereocenters. The molecular formula is C51H90N3O18P. The molecule has 73 heavy (non-hydrogen) atoms. The highest BCUT2D eigenvalue weighted by Gasteiger charge is 2.45. The van der Waals surface area contributed by atoms with Crippen LogP contribution in [0.2, 0.25) is 0 Å². The Kier molecular flexibility index (Phi) is 26.4. The minimum Gasteiger partial charge on any atom is -0.463 e. The van der Waals surface area contributed by atoms with Gasteiger partial charge in [-0.15, -0.1) is 0 Å². The molecule has 3 saturated carbocycles. The van der Waals surface area contributed by atoms with Gasteiger partial charge in [0.05, 0.1) is 59.5 Å². The second-order valence-electron chi connectivity index (χ2n) is 24.0. The quantitative estimate of drug-likeness (QED) is 0.0188. The molecule has 0 aromatic heterocycles.